The first-order valence-corrected chi connectivity index (χ1v) is 9.27. The molecule has 2 fully saturated rings. The van der Waals surface area contributed by atoms with Gasteiger partial charge in [-0.2, -0.15) is 0 Å². The Labute approximate surface area is 158 Å². The van der Waals surface area contributed by atoms with Crippen molar-refractivity contribution in [3.63, 3.8) is 0 Å². The lowest BCUT2D eigenvalue weighted by Crippen LogP contribution is -2.33. The molecule has 0 bridgehead atoms. The second-order valence-corrected chi connectivity index (χ2v) is 6.91. The summed E-state index contributed by atoms with van der Waals surface area (Å²) in [6, 6.07) is 5.24. The lowest BCUT2D eigenvalue weighted by Gasteiger charge is -2.19. The Bertz CT molecular complexity index is 707. The van der Waals surface area contributed by atoms with Gasteiger partial charge in [-0.25, -0.2) is 0 Å². The number of ether oxygens (including phenoxy) is 3. The Balaban J connectivity index is 1.53. The molecule has 0 aromatic heterocycles. The molecule has 146 valence electrons. The van der Waals surface area contributed by atoms with Gasteiger partial charge in [-0.3, -0.25) is 19.3 Å². The molecule has 0 radical (unpaired) electrons. The molecule has 1 aromatic rings. The van der Waals surface area contributed by atoms with Crippen LogP contribution in [0.1, 0.15) is 37.7 Å². The summed E-state index contributed by atoms with van der Waals surface area (Å²) in [6.45, 7) is 0.116. The molecule has 7 heteroatoms. The first-order valence-electron chi connectivity index (χ1n) is 9.27. The minimum Gasteiger partial charge on any atom is -0.497 e. The summed E-state index contributed by atoms with van der Waals surface area (Å²) in [4.78, 5) is 38.2. The minimum absolute atomic E-state index is 0.0107. The van der Waals surface area contributed by atoms with Gasteiger partial charge in [-0.15, -0.1) is 0 Å². The van der Waals surface area contributed by atoms with E-state index in [1.807, 2.05) is 0 Å². The van der Waals surface area contributed by atoms with Crippen molar-refractivity contribution in [2.75, 3.05) is 20.8 Å². The van der Waals surface area contributed by atoms with Crippen LogP contribution < -0.4 is 9.47 Å². The molecule has 0 spiro atoms. The molecule has 1 saturated heterocycles. The number of imide groups is 1. The number of likely N-dealkylation sites (tertiary alicyclic amines) is 1. The smallest absolute Gasteiger partial charge is 0.307 e. The van der Waals surface area contributed by atoms with Gasteiger partial charge in [0, 0.05) is 12.1 Å². The van der Waals surface area contributed by atoms with Crippen LogP contribution in [-0.4, -0.2) is 43.4 Å². The highest BCUT2D eigenvalue weighted by molar-refractivity contribution is 6.05. The fourth-order valence-electron chi connectivity index (χ4n) is 3.88. The number of hydrogen-bond donors (Lipinski definition) is 0. The highest BCUT2D eigenvalue weighted by Gasteiger charge is 2.47. The maximum Gasteiger partial charge on any atom is 0.307 e. The molecular formula is C20H25NO6. The van der Waals surface area contributed by atoms with Crippen LogP contribution in [0, 0.1) is 11.8 Å². The normalized spacial score (nSPS) is 21.8. The largest absolute Gasteiger partial charge is 0.497 e. The van der Waals surface area contributed by atoms with Crippen molar-refractivity contribution in [3.8, 4) is 11.5 Å². The maximum atomic E-state index is 12.4. The average molecular weight is 375 g/mol. The maximum absolute atomic E-state index is 12.4. The molecule has 27 heavy (non-hydrogen) atoms. The first kappa shape index (κ1) is 19.2. The molecule has 2 amide bonds. The molecular weight excluding hydrogens is 350 g/mol. The predicted molar refractivity (Wildman–Crippen MR) is 96.1 cm³/mol. The summed E-state index contributed by atoms with van der Waals surface area (Å²) in [5, 5.41) is 0. The SMILES string of the molecule is COc1ccc(OC)c(COC(=O)CCN2C(=O)[C@H]3CCCC[C@@H]3C2=O)c1. The molecule has 1 heterocycles. The van der Waals surface area contributed by atoms with Gasteiger partial charge in [0.05, 0.1) is 32.5 Å². The number of carbonyl (C=O) groups excluding carboxylic acids is 3. The highest BCUT2D eigenvalue weighted by atomic mass is 16.5. The van der Waals surface area contributed by atoms with E-state index in [9.17, 15) is 14.4 Å². The third-order valence-corrected chi connectivity index (χ3v) is 5.35. The summed E-state index contributed by atoms with van der Waals surface area (Å²) in [5.41, 5.74) is 0.685. The van der Waals surface area contributed by atoms with Gasteiger partial charge in [0.1, 0.15) is 18.1 Å². The number of rotatable bonds is 7. The molecule has 0 N–H and O–H groups in total. The molecule has 2 atom stereocenters. The van der Waals surface area contributed by atoms with E-state index < -0.39 is 5.97 Å². The van der Waals surface area contributed by atoms with E-state index >= 15 is 0 Å². The monoisotopic (exact) mass is 375 g/mol. The molecule has 1 saturated carbocycles. The van der Waals surface area contributed by atoms with Gasteiger partial charge in [-0.05, 0) is 31.0 Å². The Morgan fingerprint density at radius 3 is 2.33 bits per heavy atom. The van der Waals surface area contributed by atoms with E-state index in [1.54, 1.807) is 25.3 Å². The number of carbonyl (C=O) groups is 3. The lowest BCUT2D eigenvalue weighted by molar-refractivity contribution is -0.146. The zero-order valence-corrected chi connectivity index (χ0v) is 15.7. The number of hydrogen-bond acceptors (Lipinski definition) is 6. The standard InChI is InChI=1S/C20H25NO6/c1-25-14-7-8-17(26-2)13(11-14)12-27-18(22)9-10-21-19(23)15-5-3-4-6-16(15)20(21)24/h7-8,11,15-16H,3-6,9-10,12H2,1-2H3/t15-,16-/m0/s1. The summed E-state index contributed by atoms with van der Waals surface area (Å²) < 4.78 is 15.7. The average Bonchev–Trinajstić information content (AvgIpc) is 2.95. The second kappa shape index (κ2) is 8.41. The van der Waals surface area contributed by atoms with Gasteiger partial charge in [0.25, 0.3) is 0 Å². The van der Waals surface area contributed by atoms with Crippen LogP contribution in [0.4, 0.5) is 0 Å². The summed E-state index contributed by atoms with van der Waals surface area (Å²) in [5.74, 6) is 0.121. The van der Waals surface area contributed by atoms with Crippen LogP contribution >= 0.6 is 0 Å². The number of esters is 1. The van der Waals surface area contributed by atoms with Crippen molar-refractivity contribution < 1.29 is 28.6 Å². The van der Waals surface area contributed by atoms with Crippen LogP contribution in [0.15, 0.2) is 18.2 Å². The minimum atomic E-state index is -0.463. The van der Waals surface area contributed by atoms with Gasteiger partial charge >= 0.3 is 5.97 Å². The van der Waals surface area contributed by atoms with Crippen molar-refractivity contribution in [2.45, 2.75) is 38.7 Å². The van der Waals surface area contributed by atoms with Crippen molar-refractivity contribution in [2.24, 2.45) is 11.8 Å². The second-order valence-electron chi connectivity index (χ2n) is 6.91. The van der Waals surface area contributed by atoms with Crippen molar-refractivity contribution in [1.29, 1.82) is 0 Å². The fourth-order valence-corrected chi connectivity index (χ4v) is 3.88. The predicted octanol–water partition coefficient (Wildman–Crippen LogP) is 2.31. The molecule has 7 nitrogen and oxygen atoms in total. The third kappa shape index (κ3) is 4.07. The topological polar surface area (TPSA) is 82.1 Å². The number of amides is 2. The van der Waals surface area contributed by atoms with Gasteiger partial charge < -0.3 is 14.2 Å². The van der Waals surface area contributed by atoms with Crippen molar-refractivity contribution in [1.82, 2.24) is 4.90 Å². The molecule has 1 aromatic carbocycles. The third-order valence-electron chi connectivity index (χ3n) is 5.35. The Morgan fingerprint density at radius 2 is 1.74 bits per heavy atom. The van der Waals surface area contributed by atoms with Crippen molar-refractivity contribution >= 4 is 17.8 Å². The molecule has 1 aliphatic heterocycles. The van der Waals surface area contributed by atoms with E-state index in [1.165, 1.54) is 12.0 Å². The van der Waals surface area contributed by atoms with Crippen molar-refractivity contribution in [3.05, 3.63) is 23.8 Å². The Kier molecular flexibility index (Phi) is 5.98. The quantitative estimate of drug-likeness (QED) is 0.537. The van der Waals surface area contributed by atoms with E-state index in [-0.39, 0.29) is 43.2 Å². The van der Waals surface area contributed by atoms with E-state index in [2.05, 4.69) is 0 Å². The first-order chi connectivity index (χ1) is 13.0. The Hall–Kier alpha value is -2.57. The van der Waals surface area contributed by atoms with E-state index in [4.69, 9.17) is 14.2 Å². The highest BCUT2D eigenvalue weighted by Crippen LogP contribution is 2.38. The Morgan fingerprint density at radius 1 is 1.07 bits per heavy atom. The van der Waals surface area contributed by atoms with Crippen LogP contribution in [0.25, 0.3) is 0 Å². The van der Waals surface area contributed by atoms with Gasteiger partial charge in [0.15, 0.2) is 0 Å². The molecule has 1 aliphatic carbocycles. The van der Waals surface area contributed by atoms with Gasteiger partial charge in [0.2, 0.25) is 11.8 Å². The van der Waals surface area contributed by atoms with E-state index in [0.717, 1.165) is 25.7 Å². The number of methoxy groups -OCH3 is 2. The number of benzene rings is 1. The zero-order valence-electron chi connectivity index (χ0n) is 15.7. The molecule has 3 rings (SSSR count). The number of nitrogens with zero attached hydrogens (tertiary/aromatic N) is 1. The fraction of sp³-hybridized carbons (Fsp3) is 0.550. The van der Waals surface area contributed by atoms with E-state index in [0.29, 0.717) is 17.1 Å². The molecule has 0 unspecified atom stereocenters. The van der Waals surface area contributed by atoms with Crippen LogP contribution in [0.3, 0.4) is 0 Å². The summed E-state index contributed by atoms with van der Waals surface area (Å²) in [7, 11) is 3.09. The number of fused-ring (bicyclic) bond motifs is 1. The van der Waals surface area contributed by atoms with Gasteiger partial charge in [-0.1, -0.05) is 12.8 Å². The van der Waals surface area contributed by atoms with Crippen LogP contribution in [0.5, 0.6) is 11.5 Å². The summed E-state index contributed by atoms with van der Waals surface area (Å²) in [6.07, 6.45) is 3.50. The van der Waals surface area contributed by atoms with Crippen LogP contribution in [-0.2, 0) is 25.7 Å². The zero-order chi connectivity index (χ0) is 19.4. The van der Waals surface area contributed by atoms with Crippen LogP contribution in [0.2, 0.25) is 0 Å². The lowest BCUT2D eigenvalue weighted by atomic mass is 9.81. The molecule has 2 aliphatic rings. The summed E-state index contributed by atoms with van der Waals surface area (Å²) >= 11 is 0.